The van der Waals surface area contributed by atoms with Crippen LogP contribution < -0.4 is 5.32 Å². The summed E-state index contributed by atoms with van der Waals surface area (Å²) in [6, 6.07) is 1.72. The van der Waals surface area contributed by atoms with Crippen LogP contribution in [0.2, 0.25) is 0 Å². The fourth-order valence-corrected chi connectivity index (χ4v) is 1.39. The number of nitrogens with one attached hydrogen (secondary N) is 1. The van der Waals surface area contributed by atoms with Crippen molar-refractivity contribution in [1.29, 1.82) is 0 Å². The molecule has 0 aromatic carbocycles. The summed E-state index contributed by atoms with van der Waals surface area (Å²) in [7, 11) is 0. The van der Waals surface area contributed by atoms with Crippen LogP contribution in [0.25, 0.3) is 0 Å². The van der Waals surface area contributed by atoms with Gasteiger partial charge in [0.05, 0.1) is 11.8 Å². The molecule has 4 heteroatoms. The van der Waals surface area contributed by atoms with Gasteiger partial charge in [-0.1, -0.05) is 0 Å². The third-order valence-electron chi connectivity index (χ3n) is 2.28. The van der Waals surface area contributed by atoms with Crippen LogP contribution in [-0.4, -0.2) is 23.7 Å². The van der Waals surface area contributed by atoms with E-state index >= 15 is 0 Å². The zero-order valence-electron chi connectivity index (χ0n) is 9.12. The average Bonchev–Trinajstić information content (AvgIpc) is 2.61. The van der Waals surface area contributed by atoms with Gasteiger partial charge in [0.1, 0.15) is 5.76 Å². The molecule has 1 aromatic rings. The summed E-state index contributed by atoms with van der Waals surface area (Å²) < 4.78 is 5.05. The SMILES string of the molecule is Cc1occc1C(=O)NC(C)CCCO. The average molecular weight is 211 g/mol. The smallest absolute Gasteiger partial charge is 0.255 e. The van der Waals surface area contributed by atoms with Gasteiger partial charge in [0.15, 0.2) is 0 Å². The molecule has 0 radical (unpaired) electrons. The van der Waals surface area contributed by atoms with Crippen molar-refractivity contribution < 1.29 is 14.3 Å². The lowest BCUT2D eigenvalue weighted by Crippen LogP contribution is -2.32. The van der Waals surface area contributed by atoms with E-state index in [1.54, 1.807) is 13.0 Å². The van der Waals surface area contributed by atoms with Gasteiger partial charge in [0.2, 0.25) is 0 Å². The molecule has 0 bridgehead atoms. The first-order chi connectivity index (χ1) is 7.15. The largest absolute Gasteiger partial charge is 0.469 e. The number of furan rings is 1. The molecule has 15 heavy (non-hydrogen) atoms. The van der Waals surface area contributed by atoms with Crippen molar-refractivity contribution in [2.45, 2.75) is 32.7 Å². The summed E-state index contributed by atoms with van der Waals surface area (Å²) in [4.78, 5) is 11.7. The maximum atomic E-state index is 11.7. The van der Waals surface area contributed by atoms with Crippen LogP contribution in [0.4, 0.5) is 0 Å². The Bertz CT molecular complexity index is 319. The van der Waals surface area contributed by atoms with E-state index in [2.05, 4.69) is 5.32 Å². The van der Waals surface area contributed by atoms with E-state index in [1.807, 2.05) is 6.92 Å². The van der Waals surface area contributed by atoms with E-state index in [-0.39, 0.29) is 18.6 Å². The van der Waals surface area contributed by atoms with Crippen LogP contribution in [0.15, 0.2) is 16.7 Å². The maximum absolute atomic E-state index is 11.7. The van der Waals surface area contributed by atoms with Gasteiger partial charge in [-0.15, -0.1) is 0 Å². The molecule has 1 atom stereocenters. The highest BCUT2D eigenvalue weighted by atomic mass is 16.3. The highest BCUT2D eigenvalue weighted by Crippen LogP contribution is 2.09. The fraction of sp³-hybridized carbons (Fsp3) is 0.545. The molecule has 0 aliphatic carbocycles. The Morgan fingerprint density at radius 1 is 1.67 bits per heavy atom. The van der Waals surface area contributed by atoms with Crippen molar-refractivity contribution in [3.05, 3.63) is 23.7 Å². The second-order valence-electron chi connectivity index (χ2n) is 3.63. The van der Waals surface area contributed by atoms with Gasteiger partial charge in [0, 0.05) is 12.6 Å². The molecule has 0 saturated heterocycles. The topological polar surface area (TPSA) is 62.5 Å². The van der Waals surface area contributed by atoms with Crippen LogP contribution in [-0.2, 0) is 0 Å². The molecule has 1 aromatic heterocycles. The quantitative estimate of drug-likeness (QED) is 0.775. The van der Waals surface area contributed by atoms with Crippen LogP contribution in [0.1, 0.15) is 35.9 Å². The molecule has 0 aliphatic heterocycles. The molecule has 1 unspecified atom stereocenters. The molecule has 84 valence electrons. The van der Waals surface area contributed by atoms with Gasteiger partial charge >= 0.3 is 0 Å². The molecule has 0 spiro atoms. The predicted octanol–water partition coefficient (Wildman–Crippen LogP) is 1.48. The zero-order valence-corrected chi connectivity index (χ0v) is 9.12. The van der Waals surface area contributed by atoms with E-state index in [9.17, 15) is 4.79 Å². The van der Waals surface area contributed by atoms with Crippen LogP contribution >= 0.6 is 0 Å². The summed E-state index contributed by atoms with van der Waals surface area (Å²) in [6.07, 6.45) is 2.98. The Labute approximate surface area is 89.3 Å². The number of aryl methyl sites for hydroxylation is 1. The highest BCUT2D eigenvalue weighted by Gasteiger charge is 2.13. The molecule has 1 amide bonds. The number of rotatable bonds is 5. The second-order valence-corrected chi connectivity index (χ2v) is 3.63. The molecule has 1 rings (SSSR count). The van der Waals surface area contributed by atoms with E-state index in [0.29, 0.717) is 17.7 Å². The fourth-order valence-electron chi connectivity index (χ4n) is 1.39. The Morgan fingerprint density at radius 3 is 2.93 bits per heavy atom. The van der Waals surface area contributed by atoms with Crippen LogP contribution in [0.3, 0.4) is 0 Å². The summed E-state index contributed by atoms with van der Waals surface area (Å²) in [5.74, 6) is 0.508. The first kappa shape index (κ1) is 11.8. The zero-order chi connectivity index (χ0) is 11.3. The first-order valence-corrected chi connectivity index (χ1v) is 5.11. The van der Waals surface area contributed by atoms with E-state index in [4.69, 9.17) is 9.52 Å². The molecule has 1 heterocycles. The van der Waals surface area contributed by atoms with Gasteiger partial charge < -0.3 is 14.8 Å². The number of aliphatic hydroxyl groups excluding tert-OH is 1. The standard InChI is InChI=1S/C11H17NO3/c1-8(4-3-6-13)12-11(14)10-5-7-15-9(10)2/h5,7-8,13H,3-4,6H2,1-2H3,(H,12,14). The molecular formula is C11H17NO3. The van der Waals surface area contributed by atoms with Crippen LogP contribution in [0.5, 0.6) is 0 Å². The molecule has 4 nitrogen and oxygen atoms in total. The van der Waals surface area contributed by atoms with E-state index < -0.39 is 0 Å². The van der Waals surface area contributed by atoms with Crippen molar-refractivity contribution in [2.75, 3.05) is 6.61 Å². The number of hydrogen-bond donors (Lipinski definition) is 2. The Balaban J connectivity index is 2.46. The molecular weight excluding hydrogens is 194 g/mol. The minimum atomic E-state index is -0.119. The molecule has 0 aliphatic rings. The second kappa shape index (κ2) is 5.56. The van der Waals surface area contributed by atoms with Crippen molar-refractivity contribution in [3.63, 3.8) is 0 Å². The summed E-state index contributed by atoms with van der Waals surface area (Å²) in [6.45, 7) is 3.83. The number of amides is 1. The lowest BCUT2D eigenvalue weighted by Gasteiger charge is -2.12. The lowest BCUT2D eigenvalue weighted by atomic mass is 10.1. The van der Waals surface area contributed by atoms with E-state index in [1.165, 1.54) is 6.26 Å². The Kier molecular flexibility index (Phi) is 4.37. The van der Waals surface area contributed by atoms with Crippen molar-refractivity contribution >= 4 is 5.91 Å². The van der Waals surface area contributed by atoms with Gasteiger partial charge in [-0.2, -0.15) is 0 Å². The monoisotopic (exact) mass is 211 g/mol. The first-order valence-electron chi connectivity index (χ1n) is 5.11. The van der Waals surface area contributed by atoms with Crippen LogP contribution in [0, 0.1) is 6.92 Å². The lowest BCUT2D eigenvalue weighted by molar-refractivity contribution is 0.0935. The van der Waals surface area contributed by atoms with Crippen molar-refractivity contribution in [3.8, 4) is 0 Å². The van der Waals surface area contributed by atoms with Crippen molar-refractivity contribution in [1.82, 2.24) is 5.32 Å². The third kappa shape index (κ3) is 3.40. The molecule has 0 saturated carbocycles. The predicted molar refractivity (Wildman–Crippen MR) is 56.7 cm³/mol. The molecule has 2 N–H and O–H groups in total. The third-order valence-corrected chi connectivity index (χ3v) is 2.28. The Morgan fingerprint density at radius 2 is 2.40 bits per heavy atom. The Hall–Kier alpha value is -1.29. The van der Waals surface area contributed by atoms with Crippen molar-refractivity contribution in [2.24, 2.45) is 0 Å². The normalized spacial score (nSPS) is 12.5. The number of hydrogen-bond acceptors (Lipinski definition) is 3. The van der Waals surface area contributed by atoms with Gasteiger partial charge in [-0.3, -0.25) is 4.79 Å². The summed E-state index contributed by atoms with van der Waals surface area (Å²) in [5.41, 5.74) is 0.575. The maximum Gasteiger partial charge on any atom is 0.255 e. The van der Waals surface area contributed by atoms with Gasteiger partial charge in [0.25, 0.3) is 5.91 Å². The van der Waals surface area contributed by atoms with Gasteiger partial charge in [-0.05, 0) is 32.8 Å². The number of carbonyl (C=O) groups excluding carboxylic acids is 1. The summed E-state index contributed by atoms with van der Waals surface area (Å²) >= 11 is 0. The van der Waals surface area contributed by atoms with Gasteiger partial charge in [-0.25, -0.2) is 0 Å². The van der Waals surface area contributed by atoms with E-state index in [0.717, 1.165) is 6.42 Å². The number of carbonyl (C=O) groups is 1. The molecule has 0 fully saturated rings. The minimum absolute atomic E-state index is 0.0685. The highest BCUT2D eigenvalue weighted by molar-refractivity contribution is 5.95. The minimum Gasteiger partial charge on any atom is -0.469 e. The summed E-state index contributed by atoms with van der Waals surface area (Å²) in [5, 5.41) is 11.5. The number of aliphatic hydroxyl groups is 1.